The summed E-state index contributed by atoms with van der Waals surface area (Å²) < 4.78 is 4.96. The molecule has 0 saturated heterocycles. The third-order valence-corrected chi connectivity index (χ3v) is 4.93. The largest absolute Gasteiger partial charge is 0.469 e. The first-order chi connectivity index (χ1) is 10.2. The third-order valence-electron chi connectivity index (χ3n) is 4.93. The van der Waals surface area contributed by atoms with E-state index in [1.54, 1.807) is 5.57 Å². The van der Waals surface area contributed by atoms with E-state index in [-0.39, 0.29) is 11.9 Å². The maximum Gasteiger partial charge on any atom is 0.309 e. The Labute approximate surface area is 126 Å². The minimum Gasteiger partial charge on any atom is -0.469 e. The van der Waals surface area contributed by atoms with Gasteiger partial charge in [0.2, 0.25) is 0 Å². The first-order valence-corrected chi connectivity index (χ1v) is 7.74. The molecule has 1 aliphatic carbocycles. The summed E-state index contributed by atoms with van der Waals surface area (Å²) in [7, 11) is 1.50. The Balaban J connectivity index is 1.67. The molecule has 0 spiro atoms. The van der Waals surface area contributed by atoms with Crippen molar-refractivity contribution in [1.29, 1.82) is 0 Å². The van der Waals surface area contributed by atoms with E-state index in [0.29, 0.717) is 5.92 Å². The van der Waals surface area contributed by atoms with Crippen LogP contribution in [0.3, 0.4) is 0 Å². The van der Waals surface area contributed by atoms with E-state index < -0.39 is 0 Å². The van der Waals surface area contributed by atoms with Crippen LogP contribution in [-0.4, -0.2) is 31.1 Å². The number of carbonyl (C=O) groups is 1. The standard InChI is InChI=1S/C18H23NO2/c1-13-16(18(20)21-2)9-8-15-11-19(12-17(13)15)10-14-6-4-3-5-7-14/h3-7,13,16H,8-12H2,1-2H3/t13-,16-/m1/s1. The van der Waals surface area contributed by atoms with Crippen LogP contribution in [0.15, 0.2) is 41.5 Å². The van der Waals surface area contributed by atoms with Crippen LogP contribution in [0.4, 0.5) is 0 Å². The zero-order chi connectivity index (χ0) is 14.8. The van der Waals surface area contributed by atoms with Gasteiger partial charge >= 0.3 is 5.97 Å². The van der Waals surface area contributed by atoms with Crippen LogP contribution in [0.25, 0.3) is 0 Å². The van der Waals surface area contributed by atoms with Crippen LogP contribution in [0.1, 0.15) is 25.3 Å². The molecule has 1 aromatic rings. The first-order valence-electron chi connectivity index (χ1n) is 7.74. The van der Waals surface area contributed by atoms with Crippen LogP contribution < -0.4 is 0 Å². The van der Waals surface area contributed by atoms with Crippen LogP contribution in [0.5, 0.6) is 0 Å². The lowest BCUT2D eigenvalue weighted by Gasteiger charge is -2.28. The lowest BCUT2D eigenvalue weighted by Crippen LogP contribution is -2.29. The van der Waals surface area contributed by atoms with Gasteiger partial charge in [0.15, 0.2) is 0 Å². The molecule has 0 aromatic heterocycles. The molecule has 0 unspecified atom stereocenters. The fourth-order valence-electron chi connectivity index (χ4n) is 3.74. The summed E-state index contributed by atoms with van der Waals surface area (Å²) in [5.74, 6) is 0.322. The Morgan fingerprint density at radius 2 is 2.05 bits per heavy atom. The fraction of sp³-hybridized carbons (Fsp3) is 0.500. The first kappa shape index (κ1) is 14.3. The second kappa shape index (κ2) is 6.02. The number of hydrogen-bond donors (Lipinski definition) is 0. The molecule has 2 aliphatic rings. The number of carbonyl (C=O) groups excluding carboxylic acids is 1. The molecule has 0 saturated carbocycles. The van der Waals surface area contributed by atoms with Crippen molar-refractivity contribution < 1.29 is 9.53 Å². The number of hydrogen-bond acceptors (Lipinski definition) is 3. The molecule has 0 radical (unpaired) electrons. The van der Waals surface area contributed by atoms with Crippen molar-refractivity contribution in [2.24, 2.45) is 11.8 Å². The molecule has 2 atom stereocenters. The van der Waals surface area contributed by atoms with Crippen molar-refractivity contribution in [2.75, 3.05) is 20.2 Å². The summed E-state index contributed by atoms with van der Waals surface area (Å²) in [4.78, 5) is 14.4. The Morgan fingerprint density at radius 3 is 2.76 bits per heavy atom. The maximum absolute atomic E-state index is 11.9. The average molecular weight is 285 g/mol. The number of ether oxygens (including phenoxy) is 1. The van der Waals surface area contributed by atoms with Crippen LogP contribution in [0.2, 0.25) is 0 Å². The molecule has 0 fully saturated rings. The van der Waals surface area contributed by atoms with E-state index in [4.69, 9.17) is 4.74 Å². The molecular weight excluding hydrogens is 262 g/mol. The Bertz CT molecular complexity index is 550. The molecule has 3 nitrogen and oxygen atoms in total. The van der Waals surface area contributed by atoms with Crippen molar-refractivity contribution in [3.8, 4) is 0 Å². The molecule has 21 heavy (non-hydrogen) atoms. The number of benzene rings is 1. The van der Waals surface area contributed by atoms with E-state index in [9.17, 15) is 4.79 Å². The summed E-state index contributed by atoms with van der Waals surface area (Å²) in [5, 5.41) is 0. The quantitative estimate of drug-likeness (QED) is 0.631. The van der Waals surface area contributed by atoms with Crippen molar-refractivity contribution in [3.63, 3.8) is 0 Å². The molecule has 1 aliphatic heterocycles. The lowest BCUT2D eigenvalue weighted by molar-refractivity contribution is -0.147. The second-order valence-electron chi connectivity index (χ2n) is 6.22. The van der Waals surface area contributed by atoms with Crippen molar-refractivity contribution in [2.45, 2.75) is 26.3 Å². The molecule has 112 valence electrons. The van der Waals surface area contributed by atoms with Gasteiger partial charge in [-0.3, -0.25) is 9.69 Å². The predicted octanol–water partition coefficient (Wildman–Crippen LogP) is 3.02. The smallest absolute Gasteiger partial charge is 0.309 e. The Hall–Kier alpha value is -1.61. The molecule has 3 heteroatoms. The SMILES string of the molecule is COC(=O)[C@@H]1CCC2=C(CN(Cc3ccccc3)C2)[C@@H]1C. The van der Waals surface area contributed by atoms with Crippen molar-refractivity contribution >= 4 is 5.97 Å². The van der Waals surface area contributed by atoms with Gasteiger partial charge in [-0.25, -0.2) is 0 Å². The topological polar surface area (TPSA) is 29.5 Å². The normalized spacial score (nSPS) is 25.8. The van der Waals surface area contributed by atoms with Gasteiger partial charge in [-0.2, -0.15) is 0 Å². The van der Waals surface area contributed by atoms with Gasteiger partial charge in [0, 0.05) is 19.6 Å². The zero-order valence-electron chi connectivity index (χ0n) is 12.8. The summed E-state index contributed by atoms with van der Waals surface area (Å²) in [6, 6.07) is 10.6. The van der Waals surface area contributed by atoms with Crippen molar-refractivity contribution in [3.05, 3.63) is 47.0 Å². The highest BCUT2D eigenvalue weighted by Crippen LogP contribution is 2.39. The number of methoxy groups -OCH3 is 1. The molecule has 1 heterocycles. The third kappa shape index (κ3) is 2.88. The molecule has 0 N–H and O–H groups in total. The molecule has 0 bridgehead atoms. The fourth-order valence-corrected chi connectivity index (χ4v) is 3.74. The molecule has 0 amide bonds. The summed E-state index contributed by atoms with van der Waals surface area (Å²) in [6.07, 6.45) is 1.98. The highest BCUT2D eigenvalue weighted by Gasteiger charge is 2.37. The molecule has 3 rings (SSSR count). The van der Waals surface area contributed by atoms with Gasteiger partial charge in [-0.05, 0) is 24.3 Å². The van der Waals surface area contributed by atoms with E-state index in [1.165, 1.54) is 18.2 Å². The summed E-state index contributed by atoms with van der Waals surface area (Å²) >= 11 is 0. The van der Waals surface area contributed by atoms with Gasteiger partial charge in [-0.15, -0.1) is 0 Å². The Morgan fingerprint density at radius 1 is 1.29 bits per heavy atom. The van der Waals surface area contributed by atoms with E-state index >= 15 is 0 Å². The summed E-state index contributed by atoms with van der Waals surface area (Å²) in [5.41, 5.74) is 4.39. The van der Waals surface area contributed by atoms with E-state index in [2.05, 4.69) is 42.2 Å². The van der Waals surface area contributed by atoms with Crippen LogP contribution in [0, 0.1) is 11.8 Å². The number of nitrogens with zero attached hydrogens (tertiary/aromatic N) is 1. The predicted molar refractivity (Wildman–Crippen MR) is 82.6 cm³/mol. The van der Waals surface area contributed by atoms with Gasteiger partial charge in [0.05, 0.1) is 13.0 Å². The zero-order valence-corrected chi connectivity index (χ0v) is 12.8. The summed E-state index contributed by atoms with van der Waals surface area (Å²) in [6.45, 7) is 5.23. The molecule has 1 aromatic carbocycles. The highest BCUT2D eigenvalue weighted by atomic mass is 16.5. The Kier molecular flexibility index (Phi) is 4.11. The lowest BCUT2D eigenvalue weighted by atomic mass is 9.77. The second-order valence-corrected chi connectivity index (χ2v) is 6.22. The number of esters is 1. The maximum atomic E-state index is 11.9. The molecular formula is C18H23NO2. The van der Waals surface area contributed by atoms with Gasteiger partial charge < -0.3 is 4.74 Å². The number of rotatable bonds is 3. The van der Waals surface area contributed by atoms with E-state index in [0.717, 1.165) is 32.5 Å². The monoisotopic (exact) mass is 285 g/mol. The van der Waals surface area contributed by atoms with Gasteiger partial charge in [0.25, 0.3) is 0 Å². The van der Waals surface area contributed by atoms with Gasteiger partial charge in [-0.1, -0.05) is 48.4 Å². The van der Waals surface area contributed by atoms with Gasteiger partial charge in [0.1, 0.15) is 0 Å². The average Bonchev–Trinajstić information content (AvgIpc) is 2.91. The van der Waals surface area contributed by atoms with Crippen LogP contribution >= 0.6 is 0 Å². The minimum absolute atomic E-state index is 0.0458. The highest BCUT2D eigenvalue weighted by molar-refractivity contribution is 5.73. The van der Waals surface area contributed by atoms with E-state index in [1.807, 2.05) is 0 Å². The minimum atomic E-state index is -0.0458. The van der Waals surface area contributed by atoms with Crippen LogP contribution in [-0.2, 0) is 16.1 Å². The van der Waals surface area contributed by atoms with Crippen molar-refractivity contribution in [1.82, 2.24) is 4.90 Å².